The van der Waals surface area contributed by atoms with E-state index in [1.807, 2.05) is 18.2 Å². The van der Waals surface area contributed by atoms with Gasteiger partial charge in [0.25, 0.3) is 0 Å². The van der Waals surface area contributed by atoms with Crippen molar-refractivity contribution >= 4 is 16.6 Å². The Bertz CT molecular complexity index is 1880. The van der Waals surface area contributed by atoms with E-state index in [4.69, 9.17) is 0 Å². The van der Waals surface area contributed by atoms with Crippen molar-refractivity contribution in [1.82, 2.24) is 0 Å². The highest BCUT2D eigenvalue weighted by molar-refractivity contribution is 6.25. The Labute approximate surface area is 215 Å². The number of ketones is 1. The molecule has 0 aromatic heterocycles. The van der Waals surface area contributed by atoms with E-state index in [-0.39, 0.29) is 5.78 Å². The summed E-state index contributed by atoms with van der Waals surface area (Å²) in [6.07, 6.45) is 0. The van der Waals surface area contributed by atoms with E-state index in [9.17, 15) is 4.79 Å². The van der Waals surface area contributed by atoms with Gasteiger partial charge in [0, 0.05) is 16.7 Å². The Hall–Kier alpha value is -4.75. The second-order valence-electron chi connectivity index (χ2n) is 9.95. The fourth-order valence-corrected chi connectivity index (χ4v) is 6.95. The lowest BCUT2D eigenvalue weighted by Crippen LogP contribution is -2.36. The van der Waals surface area contributed by atoms with E-state index < -0.39 is 5.41 Å². The molecule has 0 aliphatic heterocycles. The number of hydrogen-bond donors (Lipinski definition) is 0. The smallest absolute Gasteiger partial charge is 0.194 e. The van der Waals surface area contributed by atoms with Crippen LogP contribution in [0.1, 0.15) is 38.2 Å². The summed E-state index contributed by atoms with van der Waals surface area (Å²) in [7, 11) is 0. The summed E-state index contributed by atoms with van der Waals surface area (Å²) in [5.74, 6) is 0.107. The molecule has 0 saturated heterocycles. The lowest BCUT2D eigenvalue weighted by Gasteiger charge is -2.40. The second-order valence-corrected chi connectivity index (χ2v) is 9.95. The molecule has 0 bridgehead atoms. The monoisotopic (exact) mass is 470 g/mol. The number of hydrogen-bond acceptors (Lipinski definition) is 1. The third-order valence-electron chi connectivity index (χ3n) is 8.26. The summed E-state index contributed by atoms with van der Waals surface area (Å²) < 4.78 is 0. The van der Waals surface area contributed by atoms with Crippen molar-refractivity contribution in [1.29, 1.82) is 0 Å². The summed E-state index contributed by atoms with van der Waals surface area (Å²) >= 11 is 0. The summed E-state index contributed by atoms with van der Waals surface area (Å²) in [5, 5.41) is 2.31. The first-order chi connectivity index (χ1) is 18.3. The first-order valence-electron chi connectivity index (χ1n) is 12.8. The minimum Gasteiger partial charge on any atom is -0.289 e. The highest BCUT2D eigenvalue weighted by Crippen LogP contribution is 2.63. The lowest BCUT2D eigenvalue weighted by atomic mass is 9.60. The fraction of sp³-hybridized carbons (Fsp3) is 0.0278. The largest absolute Gasteiger partial charge is 0.289 e. The van der Waals surface area contributed by atoms with Gasteiger partial charge in [-0.2, -0.15) is 0 Å². The van der Waals surface area contributed by atoms with E-state index in [2.05, 4.69) is 115 Å². The third-order valence-corrected chi connectivity index (χ3v) is 8.26. The first-order valence-corrected chi connectivity index (χ1v) is 12.8. The van der Waals surface area contributed by atoms with Crippen molar-refractivity contribution in [3.8, 4) is 22.3 Å². The van der Waals surface area contributed by atoms with Gasteiger partial charge in [-0.05, 0) is 49.7 Å². The molecule has 2 aliphatic carbocycles. The van der Waals surface area contributed by atoms with Gasteiger partial charge in [-0.25, -0.2) is 0 Å². The van der Waals surface area contributed by atoms with Gasteiger partial charge in [0.15, 0.2) is 5.78 Å². The minimum atomic E-state index is -0.569. The normalized spacial score (nSPS) is 16.8. The number of fused-ring (bicyclic) bond motifs is 7. The van der Waals surface area contributed by atoms with Gasteiger partial charge in [0.1, 0.15) is 0 Å². The highest BCUT2D eigenvalue weighted by Gasteiger charge is 2.53. The SMILES string of the molecule is O=C1c2ccccc2[C@]2(c3ccccc3)c3ccccc3-c3c2c1c(-c1ccccc1)c1ccccc31. The van der Waals surface area contributed by atoms with Crippen molar-refractivity contribution in [3.05, 3.63) is 167 Å². The van der Waals surface area contributed by atoms with Crippen LogP contribution < -0.4 is 0 Å². The standard InChI is InChI=1S/C36H22O/c37-35-28-20-10-12-22-30(28)36(24-15-5-2-6-16-24)29-21-11-9-19-27(29)32-26-18-8-7-17-25(26)31(33(35)34(32)36)23-13-3-1-4-14-23/h1-22H/t36-/m0/s1. The Morgan fingerprint density at radius 1 is 0.432 bits per heavy atom. The average molecular weight is 471 g/mol. The Kier molecular flexibility index (Phi) is 4.08. The molecule has 1 nitrogen and oxygen atoms in total. The molecule has 0 heterocycles. The van der Waals surface area contributed by atoms with Crippen molar-refractivity contribution in [2.75, 3.05) is 0 Å². The van der Waals surface area contributed by atoms with Gasteiger partial charge in [-0.3, -0.25) is 4.79 Å². The third kappa shape index (κ3) is 2.46. The summed E-state index contributed by atoms with van der Waals surface area (Å²) in [4.78, 5) is 14.6. The molecule has 6 aromatic carbocycles. The molecule has 1 heteroatoms. The maximum absolute atomic E-state index is 14.6. The first kappa shape index (κ1) is 20.4. The van der Waals surface area contributed by atoms with Crippen LogP contribution in [0.3, 0.4) is 0 Å². The number of carbonyl (C=O) groups is 1. The number of benzene rings is 6. The molecule has 0 radical (unpaired) electrons. The van der Waals surface area contributed by atoms with Crippen LogP contribution in [0.5, 0.6) is 0 Å². The Balaban J connectivity index is 1.70. The van der Waals surface area contributed by atoms with Crippen LogP contribution in [0.15, 0.2) is 133 Å². The molecule has 0 spiro atoms. The van der Waals surface area contributed by atoms with Crippen LogP contribution in [0, 0.1) is 0 Å². The van der Waals surface area contributed by atoms with Crippen LogP contribution in [0.25, 0.3) is 33.0 Å². The summed E-state index contributed by atoms with van der Waals surface area (Å²) in [6, 6.07) is 46.7. The van der Waals surface area contributed by atoms with Gasteiger partial charge in [0.2, 0.25) is 0 Å². The highest BCUT2D eigenvalue weighted by atomic mass is 16.1. The summed E-state index contributed by atoms with van der Waals surface area (Å²) in [5.41, 5.74) is 10.2. The maximum atomic E-state index is 14.6. The molecule has 1 atom stereocenters. The quantitative estimate of drug-likeness (QED) is 0.248. The fourth-order valence-electron chi connectivity index (χ4n) is 6.95. The van der Waals surface area contributed by atoms with Crippen molar-refractivity contribution in [2.45, 2.75) is 5.41 Å². The number of carbonyl (C=O) groups excluding carboxylic acids is 1. The Morgan fingerprint density at radius 3 is 1.65 bits per heavy atom. The minimum absolute atomic E-state index is 0.107. The molecule has 0 unspecified atom stereocenters. The molecule has 6 aromatic rings. The zero-order chi connectivity index (χ0) is 24.6. The zero-order valence-electron chi connectivity index (χ0n) is 20.1. The molecule has 0 amide bonds. The molecule has 0 saturated carbocycles. The Morgan fingerprint density at radius 2 is 0.946 bits per heavy atom. The van der Waals surface area contributed by atoms with Gasteiger partial charge in [0.05, 0.1) is 5.41 Å². The van der Waals surface area contributed by atoms with Gasteiger partial charge >= 0.3 is 0 Å². The second kappa shape index (κ2) is 7.38. The predicted octanol–water partition coefficient (Wildman–Crippen LogP) is 8.41. The molecule has 0 fully saturated rings. The topological polar surface area (TPSA) is 17.1 Å². The van der Waals surface area contributed by atoms with Crippen LogP contribution >= 0.6 is 0 Å². The van der Waals surface area contributed by atoms with E-state index in [1.165, 1.54) is 27.6 Å². The van der Waals surface area contributed by atoms with Crippen LogP contribution in [-0.2, 0) is 5.41 Å². The molecule has 2 aliphatic rings. The van der Waals surface area contributed by atoms with Crippen LogP contribution in [0.4, 0.5) is 0 Å². The molecule has 8 rings (SSSR count). The van der Waals surface area contributed by atoms with Crippen molar-refractivity contribution < 1.29 is 4.79 Å². The molecular formula is C36H22O. The number of rotatable bonds is 2. The molecule has 172 valence electrons. The average Bonchev–Trinajstić information content (AvgIpc) is 3.29. The molecule has 37 heavy (non-hydrogen) atoms. The van der Waals surface area contributed by atoms with E-state index in [1.54, 1.807) is 0 Å². The predicted molar refractivity (Wildman–Crippen MR) is 150 cm³/mol. The van der Waals surface area contributed by atoms with Gasteiger partial charge in [-0.15, -0.1) is 0 Å². The van der Waals surface area contributed by atoms with Crippen LogP contribution in [0.2, 0.25) is 0 Å². The van der Waals surface area contributed by atoms with Crippen molar-refractivity contribution in [3.63, 3.8) is 0 Å². The van der Waals surface area contributed by atoms with E-state index in [0.717, 1.165) is 38.8 Å². The van der Waals surface area contributed by atoms with Crippen LogP contribution in [-0.4, -0.2) is 5.78 Å². The molecular weight excluding hydrogens is 448 g/mol. The lowest BCUT2D eigenvalue weighted by molar-refractivity contribution is 0.103. The van der Waals surface area contributed by atoms with E-state index >= 15 is 0 Å². The van der Waals surface area contributed by atoms with Gasteiger partial charge in [-0.1, -0.05) is 133 Å². The zero-order valence-corrected chi connectivity index (χ0v) is 20.1. The van der Waals surface area contributed by atoms with Crippen molar-refractivity contribution in [2.24, 2.45) is 0 Å². The summed E-state index contributed by atoms with van der Waals surface area (Å²) in [6.45, 7) is 0. The maximum Gasteiger partial charge on any atom is 0.194 e. The van der Waals surface area contributed by atoms with E-state index in [0.29, 0.717) is 0 Å². The van der Waals surface area contributed by atoms with Gasteiger partial charge < -0.3 is 0 Å². The molecule has 0 N–H and O–H groups in total.